The first-order valence-electron chi connectivity index (χ1n) is 7.04. The monoisotopic (exact) mass is 307 g/mol. The SMILES string of the molecule is OCCn1cc(CNC2CCSc3ccc(F)cc32)cn1. The first kappa shape index (κ1) is 14.6. The van der Waals surface area contributed by atoms with Gasteiger partial charge in [-0.2, -0.15) is 5.10 Å². The van der Waals surface area contributed by atoms with Crippen molar-refractivity contribution in [1.82, 2.24) is 15.1 Å². The molecular weight excluding hydrogens is 289 g/mol. The molecule has 0 fully saturated rings. The van der Waals surface area contributed by atoms with Gasteiger partial charge in [-0.25, -0.2) is 4.39 Å². The van der Waals surface area contributed by atoms with Crippen LogP contribution in [0.1, 0.15) is 23.6 Å². The fraction of sp³-hybridized carbons (Fsp3) is 0.400. The maximum absolute atomic E-state index is 13.4. The van der Waals surface area contributed by atoms with Gasteiger partial charge in [0.2, 0.25) is 0 Å². The van der Waals surface area contributed by atoms with Gasteiger partial charge in [0.25, 0.3) is 0 Å². The number of aliphatic hydroxyl groups excluding tert-OH is 1. The largest absolute Gasteiger partial charge is 0.394 e. The van der Waals surface area contributed by atoms with Crippen LogP contribution in [-0.2, 0) is 13.1 Å². The minimum atomic E-state index is -0.182. The van der Waals surface area contributed by atoms with Gasteiger partial charge in [-0.3, -0.25) is 4.68 Å². The smallest absolute Gasteiger partial charge is 0.123 e. The van der Waals surface area contributed by atoms with Crippen LogP contribution in [0.15, 0.2) is 35.5 Å². The minimum absolute atomic E-state index is 0.0844. The Hall–Kier alpha value is -1.37. The van der Waals surface area contributed by atoms with Crippen molar-refractivity contribution in [1.29, 1.82) is 0 Å². The molecule has 1 aliphatic rings. The Kier molecular flexibility index (Phi) is 4.57. The number of halogens is 1. The zero-order chi connectivity index (χ0) is 14.7. The number of hydrogen-bond acceptors (Lipinski definition) is 4. The maximum atomic E-state index is 13.4. The number of thioether (sulfide) groups is 1. The predicted molar refractivity (Wildman–Crippen MR) is 80.6 cm³/mol. The Labute approximate surface area is 127 Å². The average molecular weight is 307 g/mol. The summed E-state index contributed by atoms with van der Waals surface area (Å²) in [5.41, 5.74) is 2.12. The molecule has 0 bridgehead atoms. The number of benzene rings is 1. The highest BCUT2D eigenvalue weighted by molar-refractivity contribution is 7.99. The lowest BCUT2D eigenvalue weighted by Crippen LogP contribution is -2.24. The number of hydrogen-bond donors (Lipinski definition) is 2. The van der Waals surface area contributed by atoms with Gasteiger partial charge in [0.05, 0.1) is 19.3 Å². The highest BCUT2D eigenvalue weighted by Crippen LogP contribution is 2.36. The van der Waals surface area contributed by atoms with Gasteiger partial charge in [-0.1, -0.05) is 0 Å². The van der Waals surface area contributed by atoms with Crippen LogP contribution >= 0.6 is 11.8 Å². The van der Waals surface area contributed by atoms with E-state index in [-0.39, 0.29) is 18.5 Å². The van der Waals surface area contributed by atoms with E-state index in [4.69, 9.17) is 5.11 Å². The van der Waals surface area contributed by atoms with Crippen LogP contribution in [-0.4, -0.2) is 27.2 Å². The Morgan fingerprint density at radius 1 is 1.48 bits per heavy atom. The van der Waals surface area contributed by atoms with Crippen molar-refractivity contribution in [3.63, 3.8) is 0 Å². The first-order valence-corrected chi connectivity index (χ1v) is 8.02. The first-order chi connectivity index (χ1) is 10.3. The maximum Gasteiger partial charge on any atom is 0.123 e. The molecule has 0 saturated carbocycles. The summed E-state index contributed by atoms with van der Waals surface area (Å²) in [5, 5.41) is 16.5. The van der Waals surface area contributed by atoms with Gasteiger partial charge in [0, 0.05) is 29.2 Å². The Morgan fingerprint density at radius 3 is 3.24 bits per heavy atom. The molecule has 3 rings (SSSR count). The predicted octanol–water partition coefficient (Wildman–Crippen LogP) is 2.34. The second kappa shape index (κ2) is 6.60. The zero-order valence-corrected chi connectivity index (χ0v) is 12.4. The van der Waals surface area contributed by atoms with E-state index in [0.717, 1.165) is 28.2 Å². The van der Waals surface area contributed by atoms with Gasteiger partial charge < -0.3 is 10.4 Å². The average Bonchev–Trinajstić information content (AvgIpc) is 2.93. The third kappa shape index (κ3) is 3.45. The molecule has 0 amide bonds. The van der Waals surface area contributed by atoms with E-state index in [0.29, 0.717) is 13.1 Å². The molecule has 1 atom stereocenters. The molecule has 4 nitrogen and oxygen atoms in total. The van der Waals surface area contributed by atoms with Crippen LogP contribution in [0.2, 0.25) is 0 Å². The molecule has 0 saturated heterocycles. The van der Waals surface area contributed by atoms with Crippen LogP contribution in [0.5, 0.6) is 0 Å². The number of aromatic nitrogens is 2. The van der Waals surface area contributed by atoms with Gasteiger partial charge >= 0.3 is 0 Å². The summed E-state index contributed by atoms with van der Waals surface area (Å²) in [4.78, 5) is 1.16. The number of fused-ring (bicyclic) bond motifs is 1. The highest BCUT2D eigenvalue weighted by Gasteiger charge is 2.20. The fourth-order valence-corrected chi connectivity index (χ4v) is 3.65. The van der Waals surface area contributed by atoms with Gasteiger partial charge in [0.15, 0.2) is 0 Å². The Balaban J connectivity index is 1.67. The third-order valence-corrected chi connectivity index (χ3v) is 4.70. The van der Waals surface area contributed by atoms with E-state index >= 15 is 0 Å². The summed E-state index contributed by atoms with van der Waals surface area (Å²) in [5.74, 6) is 0.860. The molecule has 2 aromatic rings. The molecule has 1 aromatic carbocycles. The molecular formula is C15H18FN3OS. The van der Waals surface area contributed by atoms with Crippen LogP contribution in [0, 0.1) is 5.82 Å². The lowest BCUT2D eigenvalue weighted by atomic mass is 10.0. The molecule has 112 valence electrons. The van der Waals surface area contributed by atoms with Crippen LogP contribution in [0.3, 0.4) is 0 Å². The summed E-state index contributed by atoms with van der Waals surface area (Å²) in [7, 11) is 0. The van der Waals surface area contributed by atoms with E-state index in [9.17, 15) is 4.39 Å². The molecule has 21 heavy (non-hydrogen) atoms. The summed E-state index contributed by atoms with van der Waals surface area (Å²) >= 11 is 1.78. The van der Waals surface area contributed by atoms with Crippen molar-refractivity contribution in [2.45, 2.75) is 30.4 Å². The molecule has 2 N–H and O–H groups in total. The van der Waals surface area contributed by atoms with E-state index < -0.39 is 0 Å². The molecule has 0 aliphatic carbocycles. The van der Waals surface area contributed by atoms with Crippen molar-refractivity contribution in [2.24, 2.45) is 0 Å². The Morgan fingerprint density at radius 2 is 2.38 bits per heavy atom. The number of rotatable bonds is 5. The van der Waals surface area contributed by atoms with E-state index in [1.54, 1.807) is 28.7 Å². The summed E-state index contributed by atoms with van der Waals surface area (Å²) in [6.07, 6.45) is 4.71. The lowest BCUT2D eigenvalue weighted by molar-refractivity contribution is 0.269. The van der Waals surface area contributed by atoms with Gasteiger partial charge in [-0.15, -0.1) is 11.8 Å². The topological polar surface area (TPSA) is 50.1 Å². The molecule has 2 heterocycles. The second-order valence-corrected chi connectivity index (χ2v) is 6.22. The molecule has 1 aromatic heterocycles. The number of nitrogens with zero attached hydrogens (tertiary/aromatic N) is 2. The second-order valence-electron chi connectivity index (χ2n) is 5.09. The summed E-state index contributed by atoms with van der Waals surface area (Å²) in [6, 6.07) is 5.20. The molecule has 1 aliphatic heterocycles. The van der Waals surface area contributed by atoms with Crippen molar-refractivity contribution in [3.05, 3.63) is 47.5 Å². The van der Waals surface area contributed by atoms with Crippen molar-refractivity contribution < 1.29 is 9.50 Å². The minimum Gasteiger partial charge on any atom is -0.394 e. The van der Waals surface area contributed by atoms with Crippen LogP contribution < -0.4 is 5.32 Å². The van der Waals surface area contributed by atoms with Crippen molar-refractivity contribution in [2.75, 3.05) is 12.4 Å². The normalized spacial score (nSPS) is 17.7. The van der Waals surface area contributed by atoms with Crippen molar-refractivity contribution >= 4 is 11.8 Å². The van der Waals surface area contributed by atoms with Crippen LogP contribution in [0.25, 0.3) is 0 Å². The lowest BCUT2D eigenvalue weighted by Gasteiger charge is -2.26. The van der Waals surface area contributed by atoms with Gasteiger partial charge in [0.1, 0.15) is 5.82 Å². The molecule has 6 heteroatoms. The zero-order valence-electron chi connectivity index (χ0n) is 11.6. The van der Waals surface area contributed by atoms with E-state index in [1.165, 1.54) is 6.07 Å². The highest BCUT2D eigenvalue weighted by atomic mass is 32.2. The molecule has 1 unspecified atom stereocenters. The van der Waals surface area contributed by atoms with E-state index in [1.807, 2.05) is 12.3 Å². The summed E-state index contributed by atoms with van der Waals surface area (Å²) < 4.78 is 15.2. The number of aliphatic hydroxyl groups is 1. The molecule has 0 radical (unpaired) electrons. The van der Waals surface area contributed by atoms with Crippen LogP contribution in [0.4, 0.5) is 4.39 Å². The van der Waals surface area contributed by atoms with Crippen molar-refractivity contribution in [3.8, 4) is 0 Å². The van der Waals surface area contributed by atoms with Gasteiger partial charge in [-0.05, 0) is 35.9 Å². The number of nitrogens with one attached hydrogen (secondary N) is 1. The van der Waals surface area contributed by atoms with E-state index in [2.05, 4.69) is 10.4 Å². The molecule has 0 spiro atoms. The Bertz CT molecular complexity index is 617. The standard InChI is InChI=1S/C15H18FN3OS/c16-12-1-2-15-13(7-12)14(3-6-21-15)17-8-11-9-18-19(10-11)4-5-20/h1-2,7,9-10,14,17,20H,3-6,8H2. The summed E-state index contributed by atoms with van der Waals surface area (Å²) in [6.45, 7) is 1.28. The third-order valence-electron chi connectivity index (χ3n) is 3.58. The quantitative estimate of drug-likeness (QED) is 0.890. The fourth-order valence-electron chi connectivity index (χ4n) is 2.54.